The van der Waals surface area contributed by atoms with Crippen LogP contribution in [0.1, 0.15) is 41.5 Å². The molecule has 0 aliphatic carbocycles. The van der Waals surface area contributed by atoms with Crippen molar-refractivity contribution in [3.8, 4) is 0 Å². The van der Waals surface area contributed by atoms with Gasteiger partial charge in [0.1, 0.15) is 0 Å². The van der Waals surface area contributed by atoms with Gasteiger partial charge < -0.3 is 9.47 Å². The lowest BCUT2D eigenvalue weighted by Crippen LogP contribution is -2.39. The highest BCUT2D eigenvalue weighted by molar-refractivity contribution is 5.81. The second kappa shape index (κ2) is 3.23. The SMILES string of the molecule is CC(C)[C@]1(C)O[C@H](C(C)(C)C)OC1=O. The summed E-state index contributed by atoms with van der Waals surface area (Å²) >= 11 is 0. The molecule has 0 spiro atoms. The van der Waals surface area contributed by atoms with Crippen LogP contribution in [0, 0.1) is 11.3 Å². The molecule has 1 heterocycles. The van der Waals surface area contributed by atoms with E-state index in [1.807, 2.05) is 34.6 Å². The van der Waals surface area contributed by atoms with E-state index in [0.29, 0.717) is 0 Å². The maximum Gasteiger partial charge on any atom is 0.340 e. The van der Waals surface area contributed by atoms with Crippen LogP contribution >= 0.6 is 0 Å². The van der Waals surface area contributed by atoms with Crippen molar-refractivity contribution in [2.24, 2.45) is 11.3 Å². The van der Waals surface area contributed by atoms with Gasteiger partial charge in [0.2, 0.25) is 6.29 Å². The second-order valence-corrected chi connectivity index (χ2v) is 5.48. The molecule has 2 atom stereocenters. The maximum absolute atomic E-state index is 11.6. The fraction of sp³-hybridized carbons (Fsp3) is 0.909. The van der Waals surface area contributed by atoms with Gasteiger partial charge in [-0.05, 0) is 12.8 Å². The van der Waals surface area contributed by atoms with E-state index >= 15 is 0 Å². The second-order valence-electron chi connectivity index (χ2n) is 5.48. The van der Waals surface area contributed by atoms with Gasteiger partial charge >= 0.3 is 5.97 Å². The summed E-state index contributed by atoms with van der Waals surface area (Å²) in [6.07, 6.45) is -0.428. The van der Waals surface area contributed by atoms with Crippen LogP contribution in [0.2, 0.25) is 0 Å². The topological polar surface area (TPSA) is 35.5 Å². The molecule has 1 rings (SSSR count). The van der Waals surface area contributed by atoms with Crippen molar-refractivity contribution in [1.29, 1.82) is 0 Å². The first-order valence-electron chi connectivity index (χ1n) is 5.07. The van der Waals surface area contributed by atoms with Crippen molar-refractivity contribution >= 4 is 5.97 Å². The molecule has 82 valence electrons. The van der Waals surface area contributed by atoms with E-state index in [1.54, 1.807) is 6.92 Å². The lowest BCUT2D eigenvalue weighted by molar-refractivity contribution is -0.157. The quantitative estimate of drug-likeness (QED) is 0.609. The normalized spacial score (nSPS) is 33.6. The van der Waals surface area contributed by atoms with Crippen molar-refractivity contribution in [1.82, 2.24) is 0 Å². The van der Waals surface area contributed by atoms with E-state index < -0.39 is 11.9 Å². The van der Waals surface area contributed by atoms with E-state index in [4.69, 9.17) is 9.47 Å². The van der Waals surface area contributed by atoms with Gasteiger partial charge in [-0.3, -0.25) is 0 Å². The summed E-state index contributed by atoms with van der Waals surface area (Å²) < 4.78 is 11.0. The molecule has 1 fully saturated rings. The first kappa shape index (κ1) is 11.5. The minimum absolute atomic E-state index is 0.127. The average molecular weight is 200 g/mol. The van der Waals surface area contributed by atoms with Gasteiger partial charge in [0, 0.05) is 5.41 Å². The van der Waals surface area contributed by atoms with Crippen LogP contribution in [0.25, 0.3) is 0 Å². The molecule has 1 aliphatic heterocycles. The van der Waals surface area contributed by atoms with Gasteiger partial charge in [0.25, 0.3) is 0 Å². The molecule has 0 saturated carbocycles. The zero-order valence-corrected chi connectivity index (χ0v) is 9.88. The van der Waals surface area contributed by atoms with Crippen molar-refractivity contribution in [2.75, 3.05) is 0 Å². The monoisotopic (exact) mass is 200 g/mol. The summed E-state index contributed by atoms with van der Waals surface area (Å²) in [7, 11) is 0. The molecule has 0 N–H and O–H groups in total. The minimum atomic E-state index is -0.780. The Morgan fingerprint density at radius 3 is 2.07 bits per heavy atom. The minimum Gasteiger partial charge on any atom is -0.433 e. The number of cyclic esters (lactones) is 1. The fourth-order valence-corrected chi connectivity index (χ4v) is 1.23. The van der Waals surface area contributed by atoms with Gasteiger partial charge in [0.05, 0.1) is 0 Å². The van der Waals surface area contributed by atoms with Crippen molar-refractivity contribution in [3.05, 3.63) is 0 Å². The van der Waals surface area contributed by atoms with Gasteiger partial charge in [0.15, 0.2) is 5.60 Å². The summed E-state index contributed by atoms with van der Waals surface area (Å²) in [6.45, 7) is 11.7. The predicted molar refractivity (Wildman–Crippen MR) is 53.7 cm³/mol. The lowest BCUT2D eigenvalue weighted by atomic mass is 9.92. The molecular weight excluding hydrogens is 180 g/mol. The molecule has 3 nitrogen and oxygen atoms in total. The Morgan fingerprint density at radius 2 is 1.86 bits per heavy atom. The molecule has 1 aliphatic rings. The molecule has 0 unspecified atom stereocenters. The van der Waals surface area contributed by atoms with Gasteiger partial charge in [-0.25, -0.2) is 4.79 Å². The number of hydrogen-bond donors (Lipinski definition) is 0. The fourth-order valence-electron chi connectivity index (χ4n) is 1.23. The summed E-state index contributed by atoms with van der Waals surface area (Å²) in [6, 6.07) is 0. The predicted octanol–water partition coefficient (Wildman–Crippen LogP) is 2.35. The molecule has 0 aromatic heterocycles. The zero-order valence-electron chi connectivity index (χ0n) is 9.88. The molecule has 1 saturated heterocycles. The summed E-state index contributed by atoms with van der Waals surface area (Å²) in [4.78, 5) is 11.6. The Kier molecular flexibility index (Phi) is 2.65. The third-order valence-corrected chi connectivity index (χ3v) is 2.78. The molecule has 0 bridgehead atoms. The number of carbonyl (C=O) groups is 1. The van der Waals surface area contributed by atoms with Crippen molar-refractivity contribution < 1.29 is 14.3 Å². The summed E-state index contributed by atoms with van der Waals surface area (Å²) in [5.74, 6) is -0.116. The molecular formula is C11H20O3. The largest absolute Gasteiger partial charge is 0.433 e. The van der Waals surface area contributed by atoms with Crippen LogP contribution in [0.4, 0.5) is 0 Å². The van der Waals surface area contributed by atoms with E-state index in [-0.39, 0.29) is 17.3 Å². The summed E-state index contributed by atoms with van der Waals surface area (Å²) in [5, 5.41) is 0. The molecule has 0 aromatic rings. The Bertz CT molecular complexity index is 239. The van der Waals surface area contributed by atoms with Gasteiger partial charge in [-0.1, -0.05) is 34.6 Å². The number of carbonyl (C=O) groups excluding carboxylic acids is 1. The standard InChI is InChI=1S/C11H20O3/c1-7(2)11(6)8(12)13-9(14-11)10(3,4)5/h7,9H,1-6H3/t9-,11+/m1/s1. The smallest absolute Gasteiger partial charge is 0.340 e. The van der Waals surface area contributed by atoms with Crippen LogP contribution in [-0.2, 0) is 14.3 Å². The highest BCUT2D eigenvalue weighted by atomic mass is 16.8. The third-order valence-electron chi connectivity index (χ3n) is 2.78. The number of esters is 1. The van der Waals surface area contributed by atoms with Gasteiger partial charge in [-0.2, -0.15) is 0 Å². The van der Waals surface area contributed by atoms with E-state index in [2.05, 4.69) is 0 Å². The Balaban J connectivity index is 2.84. The first-order chi connectivity index (χ1) is 6.18. The van der Waals surface area contributed by atoms with E-state index in [0.717, 1.165) is 0 Å². The van der Waals surface area contributed by atoms with Crippen LogP contribution in [0.5, 0.6) is 0 Å². The van der Waals surface area contributed by atoms with Crippen LogP contribution in [-0.4, -0.2) is 17.9 Å². The number of rotatable bonds is 1. The first-order valence-corrected chi connectivity index (χ1v) is 5.07. The lowest BCUT2D eigenvalue weighted by Gasteiger charge is -2.28. The van der Waals surface area contributed by atoms with Crippen molar-refractivity contribution in [2.45, 2.75) is 53.4 Å². The molecule has 0 aromatic carbocycles. The average Bonchev–Trinajstić information content (AvgIpc) is 2.28. The number of hydrogen-bond acceptors (Lipinski definition) is 3. The molecule has 0 radical (unpaired) electrons. The number of ether oxygens (including phenoxy) is 2. The Labute approximate surface area is 85.8 Å². The molecule has 14 heavy (non-hydrogen) atoms. The summed E-state index contributed by atoms with van der Waals surface area (Å²) in [5.41, 5.74) is -0.944. The highest BCUT2D eigenvalue weighted by Crippen LogP contribution is 2.38. The zero-order chi connectivity index (χ0) is 11.1. The molecule has 3 heteroatoms. The van der Waals surface area contributed by atoms with E-state index in [9.17, 15) is 4.79 Å². The van der Waals surface area contributed by atoms with E-state index in [1.165, 1.54) is 0 Å². The Morgan fingerprint density at radius 1 is 1.36 bits per heavy atom. The maximum atomic E-state index is 11.6. The highest BCUT2D eigenvalue weighted by Gasteiger charge is 2.51. The van der Waals surface area contributed by atoms with Gasteiger partial charge in [-0.15, -0.1) is 0 Å². The van der Waals surface area contributed by atoms with Crippen LogP contribution in [0.15, 0.2) is 0 Å². The molecule has 0 amide bonds. The van der Waals surface area contributed by atoms with Crippen molar-refractivity contribution in [3.63, 3.8) is 0 Å². The van der Waals surface area contributed by atoms with Crippen LogP contribution < -0.4 is 0 Å². The third kappa shape index (κ3) is 1.78. The van der Waals surface area contributed by atoms with Crippen LogP contribution in [0.3, 0.4) is 0 Å². The Hall–Kier alpha value is -0.570.